The maximum Gasteiger partial charge on any atom is 0.375 e. The molecule has 0 fully saturated rings. The molecule has 0 bridgehead atoms. The summed E-state index contributed by atoms with van der Waals surface area (Å²) in [5.74, 6) is -0.0337. The van der Waals surface area contributed by atoms with Gasteiger partial charge in [-0.1, -0.05) is 26.8 Å². The first kappa shape index (κ1) is 25.8. The zero-order valence-corrected chi connectivity index (χ0v) is 20.7. The van der Waals surface area contributed by atoms with E-state index in [0.717, 1.165) is 66.7 Å². The lowest BCUT2D eigenvalue weighted by atomic mass is 9.78. The van der Waals surface area contributed by atoms with Crippen LogP contribution in [0.4, 0.5) is 4.39 Å². The molecule has 1 aromatic rings. The van der Waals surface area contributed by atoms with E-state index in [1.54, 1.807) is 27.0 Å². The number of carbonyl (C=O) groups is 1. The molecule has 0 spiro atoms. The van der Waals surface area contributed by atoms with Crippen LogP contribution < -0.4 is 4.74 Å². The van der Waals surface area contributed by atoms with Crippen molar-refractivity contribution in [3.63, 3.8) is 0 Å². The lowest BCUT2D eigenvalue weighted by molar-refractivity contribution is -0.121. The third-order valence-electron chi connectivity index (χ3n) is 5.62. The van der Waals surface area contributed by atoms with Crippen LogP contribution in [0.5, 0.6) is 5.75 Å². The van der Waals surface area contributed by atoms with Gasteiger partial charge in [0.05, 0.1) is 20.3 Å². The highest BCUT2D eigenvalue weighted by Crippen LogP contribution is 2.61. The van der Waals surface area contributed by atoms with Crippen molar-refractivity contribution < 1.29 is 27.5 Å². The summed E-state index contributed by atoms with van der Waals surface area (Å²) in [5, 5.41) is -2.77. The van der Waals surface area contributed by atoms with Gasteiger partial charge in [0.1, 0.15) is 5.75 Å². The standard InChI is InChI=1S/C24H36FO5P/c1-8-29-31(27,30-9-2)24(6,25)21(26)15-14-17-16-20(23(3,4)5)22(28-7)19-13-11-10-12-18(17)19/h14-16H,8-13H2,1-7H3/b15-14+. The zero-order valence-electron chi connectivity index (χ0n) is 19.8. The minimum Gasteiger partial charge on any atom is -0.496 e. The SMILES string of the molecule is CCOP(=O)(OCC)C(C)(F)C(=O)/C=C/c1cc(C(C)(C)C)c(OC)c2c1CCCC2. The smallest absolute Gasteiger partial charge is 0.375 e. The third-order valence-corrected chi connectivity index (χ3v) is 8.07. The van der Waals surface area contributed by atoms with Gasteiger partial charge in [0.2, 0.25) is 5.78 Å². The summed E-state index contributed by atoms with van der Waals surface area (Å²) in [6, 6.07) is 2.02. The van der Waals surface area contributed by atoms with Crippen LogP contribution in [-0.4, -0.2) is 31.5 Å². The van der Waals surface area contributed by atoms with Crippen LogP contribution in [0.1, 0.15) is 76.6 Å². The van der Waals surface area contributed by atoms with Crippen molar-refractivity contribution in [2.45, 2.75) is 78.1 Å². The monoisotopic (exact) mass is 454 g/mol. The molecule has 1 aromatic carbocycles. The normalized spacial score (nSPS) is 16.8. The molecule has 1 aliphatic carbocycles. The van der Waals surface area contributed by atoms with E-state index in [4.69, 9.17) is 13.8 Å². The van der Waals surface area contributed by atoms with E-state index in [1.807, 2.05) is 6.07 Å². The van der Waals surface area contributed by atoms with Crippen molar-refractivity contribution in [1.29, 1.82) is 0 Å². The highest BCUT2D eigenvalue weighted by atomic mass is 31.2. The van der Waals surface area contributed by atoms with Gasteiger partial charge in [-0.2, -0.15) is 0 Å². The number of rotatable bonds is 9. The zero-order chi connectivity index (χ0) is 23.4. The van der Waals surface area contributed by atoms with Crippen molar-refractivity contribution in [1.82, 2.24) is 0 Å². The van der Waals surface area contributed by atoms with Crippen LogP contribution in [0, 0.1) is 0 Å². The predicted molar refractivity (Wildman–Crippen MR) is 123 cm³/mol. The fourth-order valence-electron chi connectivity index (χ4n) is 3.96. The maximum atomic E-state index is 15.4. The first-order valence-electron chi connectivity index (χ1n) is 11.0. The van der Waals surface area contributed by atoms with E-state index >= 15 is 4.39 Å². The fraction of sp³-hybridized carbons (Fsp3) is 0.625. The molecule has 0 N–H and O–H groups in total. The summed E-state index contributed by atoms with van der Waals surface area (Å²) in [4.78, 5) is 12.8. The summed E-state index contributed by atoms with van der Waals surface area (Å²) >= 11 is 0. The Balaban J connectivity index is 2.52. The Morgan fingerprint density at radius 1 is 1.10 bits per heavy atom. The highest BCUT2D eigenvalue weighted by molar-refractivity contribution is 7.56. The van der Waals surface area contributed by atoms with E-state index in [1.165, 1.54) is 0 Å². The Labute approximate surface area is 185 Å². The first-order valence-corrected chi connectivity index (χ1v) is 12.5. The van der Waals surface area contributed by atoms with Gasteiger partial charge in [0.15, 0.2) is 0 Å². The molecule has 0 heterocycles. The number of allylic oxidation sites excluding steroid dienone is 1. The molecule has 1 unspecified atom stereocenters. The van der Waals surface area contributed by atoms with Gasteiger partial charge >= 0.3 is 7.60 Å². The van der Waals surface area contributed by atoms with Gasteiger partial charge in [0, 0.05) is 5.56 Å². The van der Waals surface area contributed by atoms with Crippen molar-refractivity contribution in [2.24, 2.45) is 0 Å². The number of hydrogen-bond donors (Lipinski definition) is 0. The largest absolute Gasteiger partial charge is 0.496 e. The molecule has 5 nitrogen and oxygen atoms in total. The Kier molecular flexibility index (Phi) is 8.29. The Bertz CT molecular complexity index is 873. The second kappa shape index (κ2) is 9.97. The Morgan fingerprint density at radius 2 is 1.65 bits per heavy atom. The topological polar surface area (TPSA) is 61.8 Å². The molecule has 1 aliphatic rings. The molecule has 7 heteroatoms. The van der Waals surface area contributed by atoms with Crippen LogP contribution in [0.3, 0.4) is 0 Å². The van der Waals surface area contributed by atoms with Crippen molar-refractivity contribution in [3.05, 3.63) is 34.4 Å². The molecule has 0 aromatic heterocycles. The Morgan fingerprint density at radius 3 is 2.13 bits per heavy atom. The lowest BCUT2D eigenvalue weighted by Gasteiger charge is -2.29. The predicted octanol–water partition coefficient (Wildman–Crippen LogP) is 6.41. The summed E-state index contributed by atoms with van der Waals surface area (Å²) < 4.78 is 44.2. The molecule has 0 aliphatic heterocycles. The number of alkyl halides is 1. The molecular formula is C24H36FO5P. The average molecular weight is 455 g/mol. The lowest BCUT2D eigenvalue weighted by Crippen LogP contribution is -2.30. The van der Waals surface area contributed by atoms with Gasteiger partial charge < -0.3 is 13.8 Å². The van der Waals surface area contributed by atoms with E-state index < -0.39 is 18.8 Å². The van der Waals surface area contributed by atoms with Crippen LogP contribution in [0.25, 0.3) is 6.08 Å². The molecule has 0 radical (unpaired) electrons. The van der Waals surface area contributed by atoms with Crippen LogP contribution in [0.2, 0.25) is 0 Å². The second-order valence-corrected chi connectivity index (χ2v) is 11.3. The average Bonchev–Trinajstić information content (AvgIpc) is 2.70. The van der Waals surface area contributed by atoms with Crippen molar-refractivity contribution in [2.75, 3.05) is 20.3 Å². The van der Waals surface area contributed by atoms with Gasteiger partial charge in [0.25, 0.3) is 5.41 Å². The summed E-state index contributed by atoms with van der Waals surface area (Å²) in [6.07, 6.45) is 6.68. The number of hydrogen-bond acceptors (Lipinski definition) is 5. The molecular weight excluding hydrogens is 418 g/mol. The van der Waals surface area contributed by atoms with E-state index in [0.29, 0.717) is 0 Å². The van der Waals surface area contributed by atoms with E-state index in [2.05, 4.69) is 20.8 Å². The second-order valence-electron chi connectivity index (χ2n) is 8.94. The van der Waals surface area contributed by atoms with Crippen LogP contribution >= 0.6 is 7.60 Å². The Hall–Kier alpha value is -1.49. The van der Waals surface area contributed by atoms with Crippen LogP contribution in [0.15, 0.2) is 12.1 Å². The number of ketones is 1. The van der Waals surface area contributed by atoms with Crippen molar-refractivity contribution in [3.8, 4) is 5.75 Å². The van der Waals surface area contributed by atoms with Crippen LogP contribution in [-0.2, 0) is 36.7 Å². The summed E-state index contributed by atoms with van der Waals surface area (Å²) in [6.45, 7) is 10.4. The number of halogens is 1. The molecule has 174 valence electrons. The number of fused-ring (bicyclic) bond motifs is 1. The van der Waals surface area contributed by atoms with Crippen molar-refractivity contribution >= 4 is 19.5 Å². The first-order chi connectivity index (χ1) is 14.4. The molecule has 0 saturated heterocycles. The molecule has 2 rings (SSSR count). The minimum atomic E-state index is -4.26. The van der Waals surface area contributed by atoms with Gasteiger partial charge in [-0.3, -0.25) is 9.36 Å². The quantitative estimate of drug-likeness (QED) is 0.319. The number of benzene rings is 1. The fourth-order valence-corrected chi connectivity index (χ4v) is 5.54. The summed E-state index contributed by atoms with van der Waals surface area (Å²) in [7, 11) is -2.57. The molecule has 0 saturated carbocycles. The third kappa shape index (κ3) is 5.30. The van der Waals surface area contributed by atoms with E-state index in [-0.39, 0.29) is 18.6 Å². The maximum absolute atomic E-state index is 15.4. The molecule has 1 atom stereocenters. The minimum absolute atomic E-state index is 0.0191. The van der Waals surface area contributed by atoms with Gasteiger partial charge in [-0.25, -0.2) is 4.39 Å². The van der Waals surface area contributed by atoms with E-state index in [9.17, 15) is 9.36 Å². The molecule has 31 heavy (non-hydrogen) atoms. The van der Waals surface area contributed by atoms with Gasteiger partial charge in [-0.05, 0) is 80.7 Å². The number of carbonyl (C=O) groups excluding carboxylic acids is 1. The highest BCUT2D eigenvalue weighted by Gasteiger charge is 2.53. The van der Waals surface area contributed by atoms with Gasteiger partial charge in [-0.15, -0.1) is 0 Å². The molecule has 0 amide bonds. The number of methoxy groups -OCH3 is 1. The number of ether oxygens (including phenoxy) is 1. The summed E-state index contributed by atoms with van der Waals surface area (Å²) in [5.41, 5.74) is 4.02.